The van der Waals surface area contributed by atoms with E-state index in [2.05, 4.69) is 11.5 Å². The van der Waals surface area contributed by atoms with Gasteiger partial charge in [0.25, 0.3) is 20.2 Å². The van der Waals surface area contributed by atoms with Crippen molar-refractivity contribution in [3.8, 4) is 0 Å². The predicted octanol–water partition coefficient (Wildman–Crippen LogP) is 0.977. The van der Waals surface area contributed by atoms with E-state index in [0.29, 0.717) is 0 Å². The standard InChI is InChI=1S/2C4H10O3S.CH2N2/c2*1-4(2)3-8(5,6)7;1-3-2/h2*4H,3H2,1-2H3,(H,5,6,7);1H2. The van der Waals surface area contributed by atoms with E-state index < -0.39 is 20.2 Å². The van der Waals surface area contributed by atoms with Crippen LogP contribution in [0.25, 0.3) is 5.53 Å². The average molecular weight is 318 g/mol. The Morgan fingerprint density at radius 1 is 0.947 bits per heavy atom. The Kier molecular flexibility index (Phi) is 13.6. The maximum atomic E-state index is 10.00. The second kappa shape index (κ2) is 11.1. The summed E-state index contributed by atoms with van der Waals surface area (Å²) in [5.41, 5.74) is 7.08. The van der Waals surface area contributed by atoms with E-state index >= 15 is 0 Å². The Hall–Kier alpha value is -0.800. The maximum absolute atomic E-state index is 10.00. The third-order valence-corrected chi connectivity index (χ3v) is 3.26. The van der Waals surface area contributed by atoms with Gasteiger partial charge in [-0.25, -0.2) is 0 Å². The lowest BCUT2D eigenvalue weighted by atomic mass is 10.3. The molecule has 10 heteroatoms. The third-order valence-electron chi connectivity index (χ3n) is 1.09. The lowest BCUT2D eigenvalue weighted by Gasteiger charge is -1.97. The topological polar surface area (TPSA) is 145 Å². The fourth-order valence-corrected chi connectivity index (χ4v) is 2.53. The lowest BCUT2D eigenvalue weighted by molar-refractivity contribution is 0.0110. The van der Waals surface area contributed by atoms with Crippen LogP contribution in [0.15, 0.2) is 0 Å². The highest BCUT2D eigenvalue weighted by Crippen LogP contribution is 1.95. The minimum absolute atomic E-state index is 0.00463. The highest BCUT2D eigenvalue weighted by Gasteiger charge is 2.06. The van der Waals surface area contributed by atoms with Crippen LogP contribution in [0.1, 0.15) is 27.7 Å². The van der Waals surface area contributed by atoms with Gasteiger partial charge in [0.1, 0.15) is 0 Å². The van der Waals surface area contributed by atoms with Crippen molar-refractivity contribution in [3.05, 3.63) is 5.53 Å². The maximum Gasteiger partial charge on any atom is 0.265 e. The molecule has 0 saturated carbocycles. The van der Waals surface area contributed by atoms with Gasteiger partial charge in [-0.15, -0.1) is 0 Å². The van der Waals surface area contributed by atoms with Crippen LogP contribution in [0.3, 0.4) is 0 Å². The molecule has 0 spiro atoms. The molecule has 0 aliphatic carbocycles. The monoisotopic (exact) mass is 318 g/mol. The van der Waals surface area contributed by atoms with E-state index in [4.69, 9.17) is 14.6 Å². The number of rotatable bonds is 4. The smallest absolute Gasteiger partial charge is 0.265 e. The molecule has 19 heavy (non-hydrogen) atoms. The van der Waals surface area contributed by atoms with Crippen molar-refractivity contribution in [2.45, 2.75) is 27.7 Å². The van der Waals surface area contributed by atoms with E-state index in [1.165, 1.54) is 0 Å². The van der Waals surface area contributed by atoms with Crippen molar-refractivity contribution in [1.82, 2.24) is 0 Å². The Morgan fingerprint density at radius 2 is 1.11 bits per heavy atom. The first-order chi connectivity index (χ1) is 8.25. The molecule has 0 atom stereocenters. The van der Waals surface area contributed by atoms with Crippen molar-refractivity contribution in [2.24, 2.45) is 11.8 Å². The van der Waals surface area contributed by atoms with E-state index in [-0.39, 0.29) is 23.3 Å². The summed E-state index contributed by atoms with van der Waals surface area (Å²) in [6.45, 7) is 9.59. The minimum atomic E-state index is -3.72. The Labute approximate surface area is 115 Å². The Morgan fingerprint density at radius 3 is 1.11 bits per heavy atom. The number of hydrogen-bond donors (Lipinski definition) is 2. The molecule has 0 amide bonds. The summed E-state index contributed by atoms with van der Waals surface area (Å²) >= 11 is 0. The first-order valence-electron chi connectivity index (χ1n) is 5.25. The van der Waals surface area contributed by atoms with Gasteiger partial charge in [-0.2, -0.15) is 21.6 Å². The summed E-state index contributed by atoms with van der Waals surface area (Å²) in [6.07, 6.45) is 0. The molecule has 0 aromatic heterocycles. The second-order valence-corrected chi connectivity index (χ2v) is 7.42. The van der Waals surface area contributed by atoms with Gasteiger partial charge in [0, 0.05) is 0 Å². The van der Waals surface area contributed by atoms with Crippen LogP contribution in [-0.2, 0) is 20.2 Å². The normalized spacial score (nSPS) is 10.9. The summed E-state index contributed by atoms with van der Waals surface area (Å²) in [4.78, 5) is 2.25. The van der Waals surface area contributed by atoms with Gasteiger partial charge in [0.2, 0.25) is 6.72 Å². The molecule has 0 rings (SSSR count). The van der Waals surface area contributed by atoms with Crippen LogP contribution >= 0.6 is 0 Å². The molecule has 0 aliphatic rings. The van der Waals surface area contributed by atoms with E-state index in [1.807, 2.05) is 0 Å². The molecule has 0 aromatic carbocycles. The quantitative estimate of drug-likeness (QED) is 0.342. The molecule has 116 valence electrons. The lowest BCUT2D eigenvalue weighted by Crippen LogP contribution is -2.09. The van der Waals surface area contributed by atoms with Crippen molar-refractivity contribution >= 4 is 27.0 Å². The van der Waals surface area contributed by atoms with Crippen molar-refractivity contribution in [2.75, 3.05) is 11.5 Å². The van der Waals surface area contributed by atoms with Crippen molar-refractivity contribution in [1.29, 1.82) is 0 Å². The van der Waals surface area contributed by atoms with Crippen LogP contribution in [-0.4, -0.2) is 49.0 Å². The summed E-state index contributed by atoms with van der Waals surface area (Å²) in [6, 6.07) is 0. The van der Waals surface area contributed by atoms with Gasteiger partial charge in [0.15, 0.2) is 0 Å². The molecule has 2 N–H and O–H groups in total. The van der Waals surface area contributed by atoms with Gasteiger partial charge >= 0.3 is 0 Å². The van der Waals surface area contributed by atoms with Crippen LogP contribution in [0.2, 0.25) is 0 Å². The molecule has 0 radical (unpaired) electrons. The largest absolute Gasteiger partial charge is 0.362 e. The van der Waals surface area contributed by atoms with Crippen LogP contribution in [0.5, 0.6) is 0 Å². The Bertz CT molecular complexity index is 409. The zero-order valence-corrected chi connectivity index (χ0v) is 13.1. The second-order valence-electron chi connectivity index (χ2n) is 4.43. The highest BCUT2D eigenvalue weighted by molar-refractivity contribution is 7.86. The summed E-state index contributed by atoms with van der Waals surface area (Å²) < 4.78 is 56.3. The SMILES string of the molecule is C=[N+]=[N-].CC(C)CS(=O)(=O)O.CC(C)CS(=O)(=O)O. The fourth-order valence-electron chi connectivity index (χ4n) is 0.842. The zero-order valence-electron chi connectivity index (χ0n) is 11.5. The van der Waals surface area contributed by atoms with Crippen molar-refractivity contribution < 1.29 is 30.7 Å². The van der Waals surface area contributed by atoms with Gasteiger partial charge in [-0.1, -0.05) is 27.7 Å². The van der Waals surface area contributed by atoms with Crippen LogP contribution < -0.4 is 0 Å². The molecule has 8 nitrogen and oxygen atoms in total. The van der Waals surface area contributed by atoms with Gasteiger partial charge in [-0.3, -0.25) is 9.11 Å². The first kappa shape index (κ1) is 23.3. The van der Waals surface area contributed by atoms with E-state index in [9.17, 15) is 16.8 Å². The first-order valence-corrected chi connectivity index (χ1v) is 8.47. The summed E-state index contributed by atoms with van der Waals surface area (Å²) in [5, 5.41) is 0. The molecule has 0 fully saturated rings. The summed E-state index contributed by atoms with van der Waals surface area (Å²) in [7, 11) is -7.45. The number of hydrogen-bond acceptors (Lipinski definition) is 4. The highest BCUT2D eigenvalue weighted by atomic mass is 32.2. The van der Waals surface area contributed by atoms with Crippen LogP contribution in [0, 0.1) is 11.8 Å². The molecule has 0 heterocycles. The van der Waals surface area contributed by atoms with Gasteiger partial charge in [-0.05, 0) is 11.8 Å². The molecule has 0 unspecified atom stereocenters. The minimum Gasteiger partial charge on any atom is -0.362 e. The molecule has 0 aromatic rings. The van der Waals surface area contributed by atoms with E-state index in [1.54, 1.807) is 27.7 Å². The number of nitrogens with zero attached hydrogens (tertiary/aromatic N) is 2. The van der Waals surface area contributed by atoms with Gasteiger partial charge in [0.05, 0.1) is 11.5 Å². The summed E-state index contributed by atoms with van der Waals surface area (Å²) in [5.74, 6) is -0.282. The molecular formula is C9H22N2O6S2. The fraction of sp³-hybridized carbons (Fsp3) is 0.889. The molecule has 0 saturated heterocycles. The zero-order chi connectivity index (χ0) is 16.3. The van der Waals surface area contributed by atoms with E-state index in [0.717, 1.165) is 0 Å². The molecular weight excluding hydrogens is 296 g/mol. The molecule has 0 bridgehead atoms. The predicted molar refractivity (Wildman–Crippen MR) is 73.2 cm³/mol. The van der Waals surface area contributed by atoms with Crippen LogP contribution in [0.4, 0.5) is 0 Å². The molecule has 0 aliphatic heterocycles. The van der Waals surface area contributed by atoms with Gasteiger partial charge < -0.3 is 5.53 Å². The van der Waals surface area contributed by atoms with Crippen molar-refractivity contribution in [3.63, 3.8) is 0 Å². The average Bonchev–Trinajstić information content (AvgIpc) is 1.94. The third kappa shape index (κ3) is 47.0. The Balaban J connectivity index is -0.000000224.